The molecule has 6 N–H and O–H groups in total. The second-order valence-corrected chi connectivity index (χ2v) is 9.52. The van der Waals surface area contributed by atoms with E-state index >= 15 is 0 Å². The number of rotatable bonds is 4. The van der Waals surface area contributed by atoms with Crippen molar-refractivity contribution in [1.29, 1.82) is 0 Å². The summed E-state index contributed by atoms with van der Waals surface area (Å²) < 4.78 is 1.20. The van der Waals surface area contributed by atoms with Crippen LogP contribution in [0.3, 0.4) is 0 Å². The summed E-state index contributed by atoms with van der Waals surface area (Å²) in [6.45, 7) is 0. The summed E-state index contributed by atoms with van der Waals surface area (Å²) in [6, 6.07) is 11.8. The van der Waals surface area contributed by atoms with Crippen LogP contribution in [0.4, 0.5) is 0 Å². The minimum absolute atomic E-state index is 0. The first-order chi connectivity index (χ1) is 18.9. The molecule has 4 heterocycles. The van der Waals surface area contributed by atoms with Gasteiger partial charge in [0.05, 0.1) is 23.9 Å². The topological polar surface area (TPSA) is 278 Å². The minimum Gasteiger partial charge on any atom is -0.545 e. The normalized spacial score (nSPS) is 8.45. The second kappa shape index (κ2) is 25.7. The van der Waals surface area contributed by atoms with Crippen molar-refractivity contribution in [1.82, 2.24) is 19.9 Å². The van der Waals surface area contributed by atoms with E-state index in [1.54, 1.807) is 0 Å². The summed E-state index contributed by atoms with van der Waals surface area (Å²) in [6.07, 6.45) is 5.99. The van der Waals surface area contributed by atoms with Crippen molar-refractivity contribution in [2.75, 3.05) is 0 Å². The summed E-state index contributed by atoms with van der Waals surface area (Å²) in [7, 11) is 0. The van der Waals surface area contributed by atoms with E-state index in [4.69, 9.17) is 0 Å². The number of pyridine rings is 4. The van der Waals surface area contributed by atoms with Gasteiger partial charge in [-0.2, -0.15) is 0 Å². The molecule has 242 valence electrons. The van der Waals surface area contributed by atoms with Crippen LogP contribution in [0.25, 0.3) is 0 Å². The first-order valence-corrected chi connectivity index (χ1v) is 13.3. The van der Waals surface area contributed by atoms with Crippen molar-refractivity contribution < 1.29 is 84.7 Å². The number of aromatic nitrogens is 4. The Morgan fingerprint density at radius 3 is 0.682 bits per heavy atom. The zero-order valence-corrected chi connectivity index (χ0v) is 29.5. The van der Waals surface area contributed by atoms with E-state index in [0.717, 1.165) is 0 Å². The Balaban J connectivity index is -0.000000235. The molecule has 44 heavy (non-hydrogen) atoms. The summed E-state index contributed by atoms with van der Waals surface area (Å²) in [5, 5.41) is 41.0. The maximum Gasteiger partial charge on any atom is 2.00 e. The van der Waals surface area contributed by atoms with Crippen LogP contribution in [-0.4, -0.2) is 43.8 Å². The third kappa shape index (κ3) is 17.6. The summed E-state index contributed by atoms with van der Waals surface area (Å²) in [4.78, 5) is 55.7. The van der Waals surface area contributed by atoms with Crippen LogP contribution in [0.1, 0.15) is 41.4 Å². The fourth-order valence-corrected chi connectivity index (χ4v) is 3.80. The van der Waals surface area contributed by atoms with Gasteiger partial charge in [-0.25, -0.2) is 19.9 Å². The Hall–Kier alpha value is -2.64. The van der Waals surface area contributed by atoms with E-state index in [1.807, 2.05) is 0 Å². The van der Waals surface area contributed by atoms with E-state index in [-0.39, 0.29) is 67.3 Å². The van der Waals surface area contributed by atoms with Gasteiger partial charge in [-0.05, 0) is 112 Å². The quantitative estimate of drug-likeness (QED) is 0.135. The molecular formula is C24H18Br4Cu2N4O10+2. The molecule has 0 amide bonds. The first kappa shape index (κ1) is 48.3. The summed E-state index contributed by atoms with van der Waals surface area (Å²) >= 11 is 11.9. The number of carboxylic acid groups (broad SMARTS) is 4. The maximum atomic E-state index is 10.2. The van der Waals surface area contributed by atoms with E-state index in [1.165, 1.54) is 73.3 Å². The van der Waals surface area contributed by atoms with Crippen molar-refractivity contribution in [2.45, 2.75) is 0 Å². The molecule has 0 aromatic carbocycles. The second-order valence-electron chi connectivity index (χ2n) is 6.52. The van der Waals surface area contributed by atoms with E-state index in [9.17, 15) is 39.6 Å². The zero-order chi connectivity index (χ0) is 30.2. The Morgan fingerprint density at radius 1 is 0.432 bits per heavy atom. The average Bonchev–Trinajstić information content (AvgIpc) is 2.90. The molecule has 0 unspecified atom stereocenters. The Kier molecular flexibility index (Phi) is 28.2. The van der Waals surface area contributed by atoms with Gasteiger partial charge < -0.3 is 50.6 Å². The van der Waals surface area contributed by atoms with Crippen LogP contribution in [-0.2, 0) is 45.1 Å². The number of carboxylic acids is 4. The molecule has 0 fully saturated rings. The van der Waals surface area contributed by atoms with Gasteiger partial charge in [0.15, 0.2) is 0 Å². The molecule has 0 aliphatic heterocycles. The molecule has 0 saturated carbocycles. The van der Waals surface area contributed by atoms with Gasteiger partial charge in [0.1, 0.15) is 18.4 Å². The molecule has 0 bridgehead atoms. The number of hydrogen-bond donors (Lipinski definition) is 0. The van der Waals surface area contributed by atoms with Crippen molar-refractivity contribution in [3.63, 3.8) is 0 Å². The molecule has 0 aliphatic rings. The number of carbonyl (C=O) groups excluding carboxylic acids is 4. The van der Waals surface area contributed by atoms with Crippen LogP contribution in [0.5, 0.6) is 0 Å². The van der Waals surface area contributed by atoms with Crippen molar-refractivity contribution in [3.8, 4) is 0 Å². The molecule has 0 spiro atoms. The van der Waals surface area contributed by atoms with Crippen LogP contribution in [0, 0.1) is 0 Å². The monoisotopic (exact) mass is 964 g/mol. The molecule has 4 rings (SSSR count). The minimum atomic E-state index is -1.22. The van der Waals surface area contributed by atoms with E-state index < -0.39 is 23.9 Å². The van der Waals surface area contributed by atoms with Crippen LogP contribution in [0.15, 0.2) is 91.7 Å². The van der Waals surface area contributed by atoms with E-state index in [2.05, 4.69) is 83.7 Å². The summed E-state index contributed by atoms with van der Waals surface area (Å²) in [5.74, 6) is -4.89. The molecule has 2 radical (unpaired) electrons. The van der Waals surface area contributed by atoms with Crippen molar-refractivity contribution >= 4 is 87.6 Å². The predicted molar refractivity (Wildman–Crippen MR) is 155 cm³/mol. The molecule has 0 aliphatic carbocycles. The van der Waals surface area contributed by atoms with E-state index in [0.29, 0.717) is 18.4 Å². The number of nitrogens with zero attached hydrogens (tertiary/aromatic N) is 4. The van der Waals surface area contributed by atoms with Crippen LogP contribution in [0.2, 0.25) is 0 Å². The maximum absolute atomic E-state index is 10.2. The van der Waals surface area contributed by atoms with Gasteiger partial charge in [-0.1, -0.05) is 0 Å². The fourth-order valence-electron chi connectivity index (χ4n) is 2.15. The largest absolute Gasteiger partial charge is 2.00 e. The summed E-state index contributed by atoms with van der Waals surface area (Å²) in [5.41, 5.74) is 0.287. The Labute approximate surface area is 303 Å². The SMILES string of the molecule is O=C([O-])c1cccnc1Br.O=C([O-])c1cccnc1Br.O=C([O-])c1cccnc1Br.O=C([O-])c1cccnc1Br.[Cu+2].[Cu+2].[OH3+].[OH3+]. The molecule has 4 aromatic rings. The van der Waals surface area contributed by atoms with Crippen LogP contribution >= 0.6 is 63.7 Å². The smallest absolute Gasteiger partial charge is 0.545 e. The van der Waals surface area contributed by atoms with Crippen molar-refractivity contribution in [3.05, 3.63) is 114 Å². The van der Waals surface area contributed by atoms with Gasteiger partial charge >= 0.3 is 34.1 Å². The average molecular weight is 969 g/mol. The third-order valence-corrected chi connectivity index (χ3v) is 6.44. The van der Waals surface area contributed by atoms with Gasteiger partial charge in [0.2, 0.25) is 0 Å². The Bertz CT molecular complexity index is 1280. The van der Waals surface area contributed by atoms with Gasteiger partial charge in [-0.3, -0.25) is 0 Å². The Morgan fingerprint density at radius 2 is 0.591 bits per heavy atom. The standard InChI is InChI=1S/4C6H4BrNO2.2Cu.2H2O/c4*7-5-4(6(9)10)2-1-3-8-5;;;;/h4*1-3H,(H,9,10);;;2*1H2/q;;;;2*+2;;/p-2. The van der Waals surface area contributed by atoms with Crippen molar-refractivity contribution in [2.24, 2.45) is 0 Å². The molecule has 0 atom stereocenters. The number of aromatic carboxylic acids is 4. The first-order valence-electron chi connectivity index (χ1n) is 10.1. The van der Waals surface area contributed by atoms with Gasteiger partial charge in [0, 0.05) is 47.0 Å². The number of carbonyl (C=O) groups is 4. The van der Waals surface area contributed by atoms with Crippen LogP contribution < -0.4 is 20.4 Å². The molecule has 14 nitrogen and oxygen atoms in total. The fraction of sp³-hybridized carbons (Fsp3) is 0. The third-order valence-electron chi connectivity index (χ3n) is 3.92. The molecule has 4 aromatic heterocycles. The van der Waals surface area contributed by atoms with Gasteiger partial charge in [-0.15, -0.1) is 0 Å². The number of hydrogen-bond acceptors (Lipinski definition) is 12. The predicted octanol–water partition coefficient (Wildman–Crippen LogP) is -1.02. The molecular weight excluding hydrogens is 951 g/mol. The molecule has 20 heteroatoms. The zero-order valence-electron chi connectivity index (χ0n) is 21.3. The molecule has 0 saturated heterocycles. The van der Waals surface area contributed by atoms with Gasteiger partial charge in [0.25, 0.3) is 0 Å². The number of halogens is 4.